The van der Waals surface area contributed by atoms with Crippen molar-refractivity contribution >= 4 is 39.5 Å². The van der Waals surface area contributed by atoms with Gasteiger partial charge in [0.2, 0.25) is 10.9 Å². The fourth-order valence-corrected chi connectivity index (χ4v) is 3.96. The summed E-state index contributed by atoms with van der Waals surface area (Å²) >= 11 is 7.54. The second-order valence-electron chi connectivity index (χ2n) is 5.90. The monoisotopic (exact) mass is 376 g/mol. The molecule has 1 fully saturated rings. The Morgan fingerprint density at radius 2 is 2.08 bits per heavy atom. The van der Waals surface area contributed by atoms with Crippen molar-refractivity contribution < 1.29 is 4.79 Å². The van der Waals surface area contributed by atoms with Crippen LogP contribution < -0.4 is 4.90 Å². The van der Waals surface area contributed by atoms with E-state index in [9.17, 15) is 4.79 Å². The average Bonchev–Trinajstić information content (AvgIpc) is 3.21. The second kappa shape index (κ2) is 6.97. The number of rotatable bonds is 4. The van der Waals surface area contributed by atoms with Crippen LogP contribution in [0, 0.1) is 0 Å². The lowest BCUT2D eigenvalue weighted by atomic mass is 10.2. The van der Waals surface area contributed by atoms with Gasteiger partial charge in [0.15, 0.2) is 0 Å². The summed E-state index contributed by atoms with van der Waals surface area (Å²) in [6.07, 6.45) is 2.69. The Hall–Kier alpha value is -2.19. The minimum absolute atomic E-state index is 0.178. The highest BCUT2D eigenvalue weighted by Crippen LogP contribution is 2.21. The number of aryl methyl sites for hydroxylation is 1. The molecule has 1 aromatic carbocycles. The summed E-state index contributed by atoms with van der Waals surface area (Å²) in [6.45, 7) is 3.11. The number of piperazine rings is 1. The van der Waals surface area contributed by atoms with Crippen molar-refractivity contribution in [2.75, 3.05) is 31.1 Å². The van der Waals surface area contributed by atoms with Gasteiger partial charge in [0.25, 0.3) is 0 Å². The molecule has 1 aliphatic heterocycles. The lowest BCUT2D eigenvalue weighted by Gasteiger charge is -2.36. The van der Waals surface area contributed by atoms with Crippen molar-refractivity contribution in [3.05, 3.63) is 40.6 Å². The predicted molar refractivity (Wildman–Crippen MR) is 97.2 cm³/mol. The standard InChI is InChI=1S/C16H17ClN6OS/c17-12-2-1-3-13(10-12)21-6-8-22(9-7-21)15(24)5-4-14-20-23-11-18-19-16(23)25-14/h1-3,10-11H,4-9H2. The lowest BCUT2D eigenvalue weighted by molar-refractivity contribution is -0.131. The van der Waals surface area contributed by atoms with E-state index >= 15 is 0 Å². The first-order valence-electron chi connectivity index (χ1n) is 8.13. The van der Waals surface area contributed by atoms with Gasteiger partial charge in [-0.1, -0.05) is 29.0 Å². The van der Waals surface area contributed by atoms with E-state index in [0.717, 1.165) is 46.9 Å². The van der Waals surface area contributed by atoms with Gasteiger partial charge >= 0.3 is 0 Å². The van der Waals surface area contributed by atoms with E-state index in [2.05, 4.69) is 26.3 Å². The number of benzene rings is 1. The van der Waals surface area contributed by atoms with Crippen molar-refractivity contribution in [1.82, 2.24) is 24.7 Å². The largest absolute Gasteiger partial charge is 0.368 e. The molecule has 0 spiro atoms. The molecule has 2 aromatic heterocycles. The molecule has 0 unspecified atom stereocenters. The summed E-state index contributed by atoms with van der Waals surface area (Å²) in [5.41, 5.74) is 1.11. The van der Waals surface area contributed by atoms with Gasteiger partial charge < -0.3 is 9.80 Å². The van der Waals surface area contributed by atoms with E-state index in [-0.39, 0.29) is 5.91 Å². The molecule has 3 aromatic rings. The Bertz CT molecular complexity index is 857. The van der Waals surface area contributed by atoms with Gasteiger partial charge in [0.05, 0.1) is 0 Å². The van der Waals surface area contributed by atoms with Crippen molar-refractivity contribution in [2.24, 2.45) is 0 Å². The van der Waals surface area contributed by atoms with E-state index < -0.39 is 0 Å². The molecule has 4 rings (SSSR count). The Morgan fingerprint density at radius 1 is 1.24 bits per heavy atom. The molecule has 1 amide bonds. The van der Waals surface area contributed by atoms with Gasteiger partial charge in [-0.3, -0.25) is 4.79 Å². The highest BCUT2D eigenvalue weighted by atomic mass is 35.5. The Kier molecular flexibility index (Phi) is 4.54. The van der Waals surface area contributed by atoms with Crippen LogP contribution in [0.2, 0.25) is 5.02 Å². The first kappa shape index (κ1) is 16.3. The number of fused-ring (bicyclic) bond motifs is 1. The molecule has 7 nitrogen and oxygen atoms in total. The number of aromatic nitrogens is 4. The summed E-state index contributed by atoms with van der Waals surface area (Å²) < 4.78 is 1.65. The van der Waals surface area contributed by atoms with Gasteiger partial charge in [-0.25, -0.2) is 0 Å². The van der Waals surface area contributed by atoms with Crippen LogP contribution in [0.15, 0.2) is 30.6 Å². The number of anilines is 1. The van der Waals surface area contributed by atoms with E-state index in [1.807, 2.05) is 23.1 Å². The Morgan fingerprint density at radius 3 is 2.84 bits per heavy atom. The van der Waals surface area contributed by atoms with Gasteiger partial charge in [-0.05, 0) is 18.2 Å². The van der Waals surface area contributed by atoms with Crippen molar-refractivity contribution in [3.63, 3.8) is 0 Å². The fraction of sp³-hybridized carbons (Fsp3) is 0.375. The number of hydrogen-bond donors (Lipinski definition) is 0. The van der Waals surface area contributed by atoms with E-state index in [1.54, 1.807) is 10.8 Å². The number of nitrogens with zero attached hydrogens (tertiary/aromatic N) is 6. The number of carbonyl (C=O) groups excluding carboxylic acids is 1. The Balaban J connectivity index is 1.29. The molecule has 0 aliphatic carbocycles. The molecule has 1 saturated heterocycles. The van der Waals surface area contributed by atoms with E-state index in [0.29, 0.717) is 12.8 Å². The highest BCUT2D eigenvalue weighted by Gasteiger charge is 2.21. The number of halogens is 1. The summed E-state index contributed by atoms with van der Waals surface area (Å²) in [7, 11) is 0. The van der Waals surface area contributed by atoms with Crippen LogP contribution in [0.3, 0.4) is 0 Å². The molecule has 25 heavy (non-hydrogen) atoms. The maximum Gasteiger partial charge on any atom is 0.234 e. The van der Waals surface area contributed by atoms with Crippen LogP contribution in [0.5, 0.6) is 0 Å². The smallest absolute Gasteiger partial charge is 0.234 e. The van der Waals surface area contributed by atoms with Crippen LogP contribution >= 0.6 is 22.9 Å². The summed E-state index contributed by atoms with van der Waals surface area (Å²) in [5, 5.41) is 13.8. The first-order valence-corrected chi connectivity index (χ1v) is 9.32. The zero-order valence-corrected chi connectivity index (χ0v) is 15.1. The van der Waals surface area contributed by atoms with Crippen molar-refractivity contribution in [1.29, 1.82) is 0 Å². The molecule has 0 atom stereocenters. The third-order valence-corrected chi connectivity index (χ3v) is 5.49. The maximum atomic E-state index is 12.5. The van der Waals surface area contributed by atoms with Gasteiger partial charge in [0, 0.05) is 49.7 Å². The number of hydrogen-bond acceptors (Lipinski definition) is 6. The van der Waals surface area contributed by atoms with Crippen LogP contribution in [-0.4, -0.2) is 56.8 Å². The third-order valence-electron chi connectivity index (χ3n) is 4.29. The minimum atomic E-state index is 0.178. The zero-order valence-electron chi connectivity index (χ0n) is 13.5. The number of carbonyl (C=O) groups is 1. The lowest BCUT2D eigenvalue weighted by Crippen LogP contribution is -2.48. The SMILES string of the molecule is O=C(CCc1nn2cnnc2s1)N1CCN(c2cccc(Cl)c2)CC1. The average molecular weight is 377 g/mol. The topological polar surface area (TPSA) is 66.6 Å². The maximum absolute atomic E-state index is 12.5. The highest BCUT2D eigenvalue weighted by molar-refractivity contribution is 7.16. The number of amides is 1. The second-order valence-corrected chi connectivity index (χ2v) is 7.38. The zero-order chi connectivity index (χ0) is 17.2. The third kappa shape index (κ3) is 3.59. The van der Waals surface area contributed by atoms with Crippen molar-refractivity contribution in [3.8, 4) is 0 Å². The molecule has 0 N–H and O–H groups in total. The first-order chi connectivity index (χ1) is 12.2. The predicted octanol–water partition coefficient (Wildman–Crippen LogP) is 2.12. The molecular formula is C16H17ClN6OS. The van der Waals surface area contributed by atoms with E-state index in [1.165, 1.54) is 11.3 Å². The molecule has 0 saturated carbocycles. The molecule has 3 heterocycles. The van der Waals surface area contributed by atoms with Gasteiger partial charge in [-0.15, -0.1) is 10.2 Å². The van der Waals surface area contributed by atoms with Crippen LogP contribution in [0.1, 0.15) is 11.4 Å². The minimum Gasteiger partial charge on any atom is -0.368 e. The quantitative estimate of drug-likeness (QED) is 0.697. The molecule has 1 aliphatic rings. The molecule has 130 valence electrons. The van der Waals surface area contributed by atoms with Gasteiger partial charge in [-0.2, -0.15) is 9.61 Å². The normalized spacial score (nSPS) is 15.1. The van der Waals surface area contributed by atoms with Crippen LogP contribution in [0.4, 0.5) is 5.69 Å². The van der Waals surface area contributed by atoms with Crippen LogP contribution in [0.25, 0.3) is 4.96 Å². The van der Waals surface area contributed by atoms with Gasteiger partial charge in [0.1, 0.15) is 11.3 Å². The molecular weight excluding hydrogens is 360 g/mol. The summed E-state index contributed by atoms with van der Waals surface area (Å²) in [4.78, 5) is 17.4. The summed E-state index contributed by atoms with van der Waals surface area (Å²) in [6, 6.07) is 7.84. The molecule has 0 bridgehead atoms. The van der Waals surface area contributed by atoms with Crippen LogP contribution in [-0.2, 0) is 11.2 Å². The molecule has 0 radical (unpaired) electrons. The summed E-state index contributed by atoms with van der Waals surface area (Å²) in [5.74, 6) is 0.178. The Labute approximate surface area is 153 Å². The molecule has 9 heteroatoms. The van der Waals surface area contributed by atoms with Crippen molar-refractivity contribution in [2.45, 2.75) is 12.8 Å². The fourth-order valence-electron chi connectivity index (χ4n) is 2.96. The van der Waals surface area contributed by atoms with E-state index in [4.69, 9.17) is 11.6 Å².